The molecule has 20 nitrogen and oxygen atoms in total. The summed E-state index contributed by atoms with van der Waals surface area (Å²) < 4.78 is 26.0. The predicted octanol–water partition coefficient (Wildman–Crippen LogP) is 13.0. The first-order chi connectivity index (χ1) is 56.2. The fourth-order valence-corrected chi connectivity index (χ4v) is 18.8. The minimum absolute atomic E-state index is 0.0343. The SMILES string of the molecule is O=C1CCC(N2Cc3cc(N4CCN(CCC(O)CCOc5ccc([C@@H]6c7ccc(OCc8ccccc8)cc7CC[C@@H]6c6cccc(Oc7ccc8c(c7)CC[C@H](c7ccccc7)[C@@H]8c7ccc(OCCC(O)CCN8CCN(c9ccc%10c(c9)CN(C9CCC(=O)NC9=O)C%10=O)CC8)cc7)c6)cc5)CC4)ccc3C2=O)C(=O)N1. The molecule has 0 saturated carbocycles. The Hall–Kier alpha value is -11.2. The van der Waals surface area contributed by atoms with Gasteiger partial charge in [-0.25, -0.2) is 0 Å². The highest BCUT2D eigenvalue weighted by atomic mass is 16.5. The molecule has 4 unspecified atom stereocenters. The van der Waals surface area contributed by atoms with E-state index in [0.717, 1.165) is 148 Å². The van der Waals surface area contributed by atoms with Gasteiger partial charge in [-0.1, -0.05) is 109 Å². The molecule has 8 aliphatic rings. The largest absolute Gasteiger partial charge is 0.493 e. The fraction of sp³-hybridized carbons (Fsp3) is 0.368. The number of amides is 6. The number of rotatable bonds is 27. The molecule has 6 aliphatic heterocycles. The van der Waals surface area contributed by atoms with Crippen molar-refractivity contribution in [3.8, 4) is 28.7 Å². The zero-order valence-electron chi connectivity index (χ0n) is 65.0. The van der Waals surface area contributed by atoms with Crippen LogP contribution >= 0.6 is 0 Å². The molecule has 592 valence electrons. The van der Waals surface area contributed by atoms with Crippen molar-refractivity contribution in [2.24, 2.45) is 0 Å². The van der Waals surface area contributed by atoms with Crippen LogP contribution in [0, 0.1) is 0 Å². The third-order valence-corrected chi connectivity index (χ3v) is 25.1. The lowest BCUT2D eigenvalue weighted by atomic mass is 9.69. The molecule has 4 N–H and O–H groups in total. The lowest BCUT2D eigenvalue weighted by molar-refractivity contribution is -0.138. The molecule has 4 saturated heterocycles. The van der Waals surface area contributed by atoms with E-state index in [4.69, 9.17) is 18.9 Å². The van der Waals surface area contributed by atoms with Crippen LogP contribution < -0.4 is 39.4 Å². The molecular formula is C95H100N8O12. The minimum atomic E-state index is -0.639. The van der Waals surface area contributed by atoms with Gasteiger partial charge in [0, 0.05) is 139 Å². The first kappa shape index (κ1) is 76.5. The zero-order valence-corrected chi connectivity index (χ0v) is 65.0. The number of aliphatic hydroxyl groups excluding tert-OH is 2. The van der Waals surface area contributed by atoms with Crippen molar-refractivity contribution in [3.05, 3.63) is 279 Å². The molecule has 8 atom stereocenters. The Balaban J connectivity index is 0.501. The number of carbonyl (C=O) groups is 6. The maximum absolute atomic E-state index is 13.3. The van der Waals surface area contributed by atoms with E-state index in [2.05, 4.69) is 194 Å². The summed E-state index contributed by atoms with van der Waals surface area (Å²) in [6.45, 7) is 10.2. The van der Waals surface area contributed by atoms with Crippen molar-refractivity contribution >= 4 is 46.8 Å². The van der Waals surface area contributed by atoms with E-state index in [-0.39, 0.29) is 60.1 Å². The molecule has 115 heavy (non-hydrogen) atoms. The Kier molecular flexibility index (Phi) is 22.9. The molecule has 17 rings (SSSR count). The Bertz CT molecular complexity index is 5030. The van der Waals surface area contributed by atoms with Crippen molar-refractivity contribution in [2.75, 3.05) is 88.5 Å². The summed E-state index contributed by atoms with van der Waals surface area (Å²) in [5, 5.41) is 27.2. The van der Waals surface area contributed by atoms with E-state index in [9.17, 15) is 39.0 Å². The van der Waals surface area contributed by atoms with Gasteiger partial charge < -0.3 is 48.8 Å². The van der Waals surface area contributed by atoms with Gasteiger partial charge in [0.2, 0.25) is 23.6 Å². The third-order valence-electron chi connectivity index (χ3n) is 25.1. The van der Waals surface area contributed by atoms with Gasteiger partial charge in [-0.15, -0.1) is 0 Å². The van der Waals surface area contributed by atoms with Crippen LogP contribution in [0.15, 0.2) is 206 Å². The number of nitrogens with zero attached hydrogens (tertiary/aromatic N) is 6. The van der Waals surface area contributed by atoms with Crippen LogP contribution in [0.25, 0.3) is 0 Å². The average Bonchev–Trinajstić information content (AvgIpc) is 1.75. The third kappa shape index (κ3) is 17.3. The standard InChI is InChI=1S/C95H100N8O12/c104-73(38-42-98-44-48-100(49-45-98)71-20-30-84-69(54-71)59-102(94(84)110)86-34-36-88(106)96-92(86)108)40-52-112-75-22-14-64(15-23-75)90-80(63-10-5-2-6-11-63)28-18-68-58-79(27-33-83(68)90)115-78-13-7-12-66(57-78)81-29-19-67-56-77(114-61-62-8-3-1-4-9-62)26-32-82(67)91(81)65-16-24-76(25-17-65)113-53-41-74(105)39-43-99-46-50-101(51-47-99)72-21-31-85-70(55-72)60-103(95(85)111)87-35-37-89(107)97-93(87)109/h1-17,20-27,30-33,54-58,73-74,80-81,86-87,90-91,104-105H,18-19,28-29,34-53,59-61H2,(H,96,106,108)(H,97,107,109)/t73?,74?,80-,81-,86?,87?,90+,91+/m1/s1. The van der Waals surface area contributed by atoms with Crippen molar-refractivity contribution in [1.82, 2.24) is 30.2 Å². The molecule has 0 radical (unpaired) electrons. The van der Waals surface area contributed by atoms with Gasteiger partial charge in [0.25, 0.3) is 11.8 Å². The molecule has 9 aromatic carbocycles. The number of ether oxygens (including phenoxy) is 4. The van der Waals surface area contributed by atoms with Crippen molar-refractivity contribution in [3.63, 3.8) is 0 Å². The molecule has 9 aromatic rings. The number of aliphatic hydroxyl groups is 2. The molecule has 0 bridgehead atoms. The zero-order chi connectivity index (χ0) is 78.5. The van der Waals surface area contributed by atoms with Crippen LogP contribution in [0.1, 0.15) is 170 Å². The molecule has 4 fully saturated rings. The topological polar surface area (TPSA) is 223 Å². The van der Waals surface area contributed by atoms with E-state index in [0.29, 0.717) is 82.6 Å². The van der Waals surface area contributed by atoms with E-state index < -0.39 is 36.1 Å². The van der Waals surface area contributed by atoms with Crippen LogP contribution in [0.5, 0.6) is 28.7 Å². The number of piperazine rings is 2. The molecule has 20 heteroatoms. The second kappa shape index (κ2) is 34.5. The summed E-state index contributed by atoms with van der Waals surface area (Å²) in [6.07, 6.45) is 6.13. The van der Waals surface area contributed by atoms with Crippen molar-refractivity contribution < 1.29 is 57.9 Å². The summed E-state index contributed by atoms with van der Waals surface area (Å²) >= 11 is 0. The van der Waals surface area contributed by atoms with Crippen molar-refractivity contribution in [2.45, 2.75) is 145 Å². The van der Waals surface area contributed by atoms with Gasteiger partial charge >= 0.3 is 0 Å². The summed E-state index contributed by atoms with van der Waals surface area (Å²) in [4.78, 5) is 88.0. The van der Waals surface area contributed by atoms with E-state index >= 15 is 0 Å². The number of aryl methyl sites for hydroxylation is 2. The van der Waals surface area contributed by atoms with Crippen LogP contribution in [-0.4, -0.2) is 168 Å². The number of piperidine rings is 2. The summed E-state index contributed by atoms with van der Waals surface area (Å²) in [5.41, 5.74) is 16.3. The fourth-order valence-electron chi connectivity index (χ4n) is 18.8. The molecule has 6 heterocycles. The highest BCUT2D eigenvalue weighted by Gasteiger charge is 2.42. The van der Waals surface area contributed by atoms with Gasteiger partial charge in [-0.3, -0.25) is 49.2 Å². The number of anilines is 2. The monoisotopic (exact) mass is 1540 g/mol. The highest BCUT2D eigenvalue weighted by Crippen LogP contribution is 2.50. The Morgan fingerprint density at radius 2 is 0.835 bits per heavy atom. The second-order valence-corrected chi connectivity index (χ2v) is 32.3. The van der Waals surface area contributed by atoms with Crippen LogP contribution in [0.4, 0.5) is 11.4 Å². The second-order valence-electron chi connectivity index (χ2n) is 32.3. The van der Waals surface area contributed by atoms with E-state index in [1.165, 1.54) is 44.5 Å². The number of hydrogen-bond acceptors (Lipinski definition) is 16. The van der Waals surface area contributed by atoms with Gasteiger partial charge in [0.15, 0.2) is 0 Å². The number of imide groups is 2. The Labute approximate surface area is 671 Å². The maximum atomic E-state index is 13.3. The van der Waals surface area contributed by atoms with Gasteiger partial charge in [0.1, 0.15) is 47.4 Å². The molecule has 2 aliphatic carbocycles. The average molecular weight is 1550 g/mol. The Morgan fingerprint density at radius 1 is 0.383 bits per heavy atom. The van der Waals surface area contributed by atoms with E-state index in [1.807, 2.05) is 42.5 Å². The van der Waals surface area contributed by atoms with Gasteiger partial charge in [-0.05, 0) is 221 Å². The summed E-state index contributed by atoms with van der Waals surface area (Å²) in [7, 11) is 0. The number of nitrogens with one attached hydrogen (secondary N) is 2. The van der Waals surface area contributed by atoms with Crippen molar-refractivity contribution in [1.29, 1.82) is 0 Å². The molecule has 0 aromatic heterocycles. The minimum Gasteiger partial charge on any atom is -0.493 e. The number of fused-ring (bicyclic) bond motifs is 4. The van der Waals surface area contributed by atoms with Gasteiger partial charge in [-0.2, -0.15) is 0 Å². The summed E-state index contributed by atoms with van der Waals surface area (Å²) in [6, 6.07) is 70.8. The molecule has 0 spiro atoms. The lowest BCUT2D eigenvalue weighted by Gasteiger charge is -2.36. The van der Waals surface area contributed by atoms with Gasteiger partial charge in [0.05, 0.1) is 25.4 Å². The van der Waals surface area contributed by atoms with Crippen LogP contribution in [-0.2, 0) is 51.7 Å². The first-order valence-electron chi connectivity index (χ1n) is 41.3. The number of benzene rings is 9. The van der Waals surface area contributed by atoms with E-state index in [1.54, 1.807) is 9.80 Å². The highest BCUT2D eigenvalue weighted by molar-refractivity contribution is 6.06. The van der Waals surface area contributed by atoms with Crippen LogP contribution in [0.3, 0.4) is 0 Å². The number of carbonyl (C=O) groups excluding carboxylic acids is 6. The van der Waals surface area contributed by atoms with Crippen LogP contribution in [0.2, 0.25) is 0 Å². The predicted molar refractivity (Wildman–Crippen MR) is 439 cm³/mol. The Morgan fingerprint density at radius 3 is 1.34 bits per heavy atom. The summed E-state index contributed by atoms with van der Waals surface area (Å²) in [5.74, 6) is 2.80. The first-order valence-corrected chi connectivity index (χ1v) is 41.3. The molecule has 6 amide bonds. The smallest absolute Gasteiger partial charge is 0.255 e. The number of hydrogen-bond donors (Lipinski definition) is 4. The molecular weight excluding hydrogens is 1450 g/mol. The maximum Gasteiger partial charge on any atom is 0.255 e. The quantitative estimate of drug-likeness (QED) is 0.0351. The normalized spacial score (nSPS) is 21.5. The lowest BCUT2D eigenvalue weighted by Crippen LogP contribution is -2.52.